The van der Waals surface area contributed by atoms with E-state index in [1.807, 2.05) is 23.1 Å². The zero-order valence-corrected chi connectivity index (χ0v) is 21.2. The van der Waals surface area contributed by atoms with E-state index in [0.717, 1.165) is 18.7 Å². The number of rotatable bonds is 9. The van der Waals surface area contributed by atoms with Crippen molar-refractivity contribution in [1.82, 2.24) is 9.97 Å². The fourth-order valence-corrected chi connectivity index (χ4v) is 4.50. The summed E-state index contributed by atoms with van der Waals surface area (Å²) in [5, 5.41) is 15.2. The Labute approximate surface area is 211 Å². The minimum absolute atomic E-state index is 0.0926. The Bertz CT molecular complexity index is 1230. The maximum atomic E-state index is 12.1. The lowest BCUT2D eigenvalue weighted by molar-refractivity contribution is -0.383. The third-order valence-corrected chi connectivity index (χ3v) is 6.64. The number of aromatic nitrogens is 2. The molecule has 190 valence electrons. The van der Waals surface area contributed by atoms with Gasteiger partial charge in [-0.15, -0.1) is 0 Å². The van der Waals surface area contributed by atoms with Crippen LogP contribution in [0.4, 0.5) is 23.0 Å². The van der Waals surface area contributed by atoms with Crippen LogP contribution in [0, 0.1) is 24.0 Å². The molecule has 1 fully saturated rings. The Balaban J connectivity index is 1.45. The number of hydrogen-bond acceptors (Lipinski definition) is 9. The number of piperazine rings is 1. The Hall–Kier alpha value is -4.08. The number of anilines is 3. The largest absolute Gasteiger partial charge is 0.493 e. The molecule has 0 spiro atoms. The molecule has 0 radical (unpaired) electrons. The summed E-state index contributed by atoms with van der Waals surface area (Å²) in [5.74, 6) is 1.87. The Morgan fingerprint density at radius 3 is 2.42 bits per heavy atom. The summed E-state index contributed by atoms with van der Waals surface area (Å²) in [4.78, 5) is 24.5. The van der Waals surface area contributed by atoms with Gasteiger partial charge in [0.15, 0.2) is 11.5 Å². The number of hydrogen-bond donors (Lipinski definition) is 1. The number of nitro groups is 1. The van der Waals surface area contributed by atoms with E-state index in [-0.39, 0.29) is 11.5 Å². The van der Waals surface area contributed by atoms with Gasteiger partial charge in [-0.1, -0.05) is 18.2 Å². The second kappa shape index (κ2) is 11.1. The van der Waals surface area contributed by atoms with Crippen LogP contribution in [0.2, 0.25) is 0 Å². The molecule has 10 nitrogen and oxygen atoms in total. The molecule has 1 aliphatic rings. The van der Waals surface area contributed by atoms with E-state index in [0.29, 0.717) is 43.4 Å². The molecule has 1 aromatic heterocycles. The van der Waals surface area contributed by atoms with Gasteiger partial charge in [-0.3, -0.25) is 10.1 Å². The van der Waals surface area contributed by atoms with Crippen molar-refractivity contribution in [3.63, 3.8) is 0 Å². The average molecular weight is 493 g/mol. The Kier molecular flexibility index (Phi) is 7.72. The predicted molar refractivity (Wildman–Crippen MR) is 141 cm³/mol. The topological polar surface area (TPSA) is 106 Å². The van der Waals surface area contributed by atoms with Crippen molar-refractivity contribution < 1.29 is 14.4 Å². The van der Waals surface area contributed by atoms with E-state index in [2.05, 4.69) is 52.2 Å². The smallest absolute Gasteiger partial charge is 0.353 e. The molecule has 1 N–H and O–H groups in total. The Morgan fingerprint density at radius 2 is 1.72 bits per heavy atom. The molecule has 0 unspecified atom stereocenters. The highest BCUT2D eigenvalue weighted by Crippen LogP contribution is 2.33. The molecule has 10 heteroatoms. The number of methoxy groups -OCH3 is 2. The van der Waals surface area contributed by atoms with E-state index < -0.39 is 4.92 Å². The van der Waals surface area contributed by atoms with Crippen LogP contribution < -0.4 is 24.6 Å². The highest BCUT2D eigenvalue weighted by Gasteiger charge is 2.29. The van der Waals surface area contributed by atoms with E-state index in [1.165, 1.54) is 23.1 Å². The van der Waals surface area contributed by atoms with Gasteiger partial charge >= 0.3 is 5.69 Å². The van der Waals surface area contributed by atoms with Crippen molar-refractivity contribution in [2.75, 3.05) is 62.1 Å². The second-order valence-corrected chi connectivity index (χ2v) is 8.71. The third-order valence-electron chi connectivity index (χ3n) is 6.64. The molecule has 0 aliphatic carbocycles. The molecule has 0 saturated carbocycles. The van der Waals surface area contributed by atoms with Gasteiger partial charge in [0.1, 0.15) is 6.33 Å². The summed E-state index contributed by atoms with van der Waals surface area (Å²) in [6, 6.07) is 12.0. The van der Waals surface area contributed by atoms with Gasteiger partial charge in [0, 0.05) is 38.4 Å². The standard InChI is InChI=1S/C26H32N6O4/c1-18-6-5-7-21(19(18)2)30-12-14-31(15-13-30)26-24(32(33)34)25(28-17-29-26)27-11-10-20-8-9-22(35-3)23(16-20)36-4/h5-9,16-17H,10-15H2,1-4H3,(H,27,28,29). The fraction of sp³-hybridized carbons (Fsp3) is 0.385. The molecular weight excluding hydrogens is 460 g/mol. The molecule has 2 aromatic carbocycles. The number of benzene rings is 2. The van der Waals surface area contributed by atoms with E-state index in [1.54, 1.807) is 14.2 Å². The van der Waals surface area contributed by atoms with Crippen LogP contribution in [-0.4, -0.2) is 61.8 Å². The summed E-state index contributed by atoms with van der Waals surface area (Å²) in [5.41, 5.74) is 4.65. The Morgan fingerprint density at radius 1 is 1.00 bits per heavy atom. The van der Waals surface area contributed by atoms with E-state index in [9.17, 15) is 10.1 Å². The van der Waals surface area contributed by atoms with Crippen molar-refractivity contribution in [2.24, 2.45) is 0 Å². The van der Waals surface area contributed by atoms with Gasteiger partial charge < -0.3 is 24.6 Å². The van der Waals surface area contributed by atoms with Crippen LogP contribution in [0.5, 0.6) is 11.5 Å². The number of aryl methyl sites for hydroxylation is 1. The second-order valence-electron chi connectivity index (χ2n) is 8.71. The molecule has 0 bridgehead atoms. The molecule has 3 aromatic rings. The molecule has 2 heterocycles. The van der Waals surface area contributed by atoms with Crippen molar-refractivity contribution in [3.8, 4) is 11.5 Å². The molecule has 0 amide bonds. The lowest BCUT2D eigenvalue weighted by Gasteiger charge is -2.37. The quantitative estimate of drug-likeness (QED) is 0.350. The molecule has 36 heavy (non-hydrogen) atoms. The van der Waals surface area contributed by atoms with Crippen LogP contribution in [0.3, 0.4) is 0 Å². The molecule has 1 aliphatic heterocycles. The highest BCUT2D eigenvalue weighted by atomic mass is 16.6. The highest BCUT2D eigenvalue weighted by molar-refractivity contribution is 5.71. The van der Waals surface area contributed by atoms with Gasteiger partial charge in [0.2, 0.25) is 11.6 Å². The number of nitrogens with zero attached hydrogens (tertiary/aromatic N) is 5. The average Bonchev–Trinajstić information content (AvgIpc) is 2.90. The van der Waals surface area contributed by atoms with Crippen LogP contribution in [0.15, 0.2) is 42.7 Å². The third kappa shape index (κ3) is 5.27. The van der Waals surface area contributed by atoms with Gasteiger partial charge in [-0.2, -0.15) is 0 Å². The van der Waals surface area contributed by atoms with Gasteiger partial charge in [0.05, 0.1) is 19.1 Å². The first-order valence-electron chi connectivity index (χ1n) is 11.9. The first-order valence-corrected chi connectivity index (χ1v) is 11.9. The van der Waals surface area contributed by atoms with Gasteiger partial charge in [0.25, 0.3) is 0 Å². The van der Waals surface area contributed by atoms with Crippen LogP contribution >= 0.6 is 0 Å². The molecular formula is C26H32N6O4. The lowest BCUT2D eigenvalue weighted by Crippen LogP contribution is -2.47. The summed E-state index contributed by atoms with van der Waals surface area (Å²) < 4.78 is 10.6. The lowest BCUT2D eigenvalue weighted by atomic mass is 10.1. The minimum atomic E-state index is -0.398. The summed E-state index contributed by atoms with van der Waals surface area (Å²) in [6.45, 7) is 7.49. The number of nitrogens with one attached hydrogen (secondary N) is 1. The summed E-state index contributed by atoms with van der Waals surface area (Å²) >= 11 is 0. The normalized spacial score (nSPS) is 13.4. The van der Waals surface area contributed by atoms with E-state index >= 15 is 0 Å². The van der Waals surface area contributed by atoms with Crippen LogP contribution in [0.1, 0.15) is 16.7 Å². The SMILES string of the molecule is COc1ccc(CCNc2ncnc(N3CCN(c4cccc(C)c4C)CC3)c2[N+](=O)[O-])cc1OC. The first-order chi connectivity index (χ1) is 17.4. The first kappa shape index (κ1) is 25.0. The van der Waals surface area contributed by atoms with Gasteiger partial charge in [-0.25, -0.2) is 9.97 Å². The predicted octanol–water partition coefficient (Wildman–Crippen LogP) is 4.00. The minimum Gasteiger partial charge on any atom is -0.493 e. The zero-order chi connectivity index (χ0) is 25.7. The van der Waals surface area contributed by atoms with Crippen molar-refractivity contribution in [2.45, 2.75) is 20.3 Å². The van der Waals surface area contributed by atoms with Crippen molar-refractivity contribution in [3.05, 3.63) is 69.5 Å². The maximum absolute atomic E-state index is 12.1. The summed E-state index contributed by atoms with van der Waals surface area (Å²) in [7, 11) is 3.18. The monoisotopic (exact) mass is 492 g/mol. The molecule has 1 saturated heterocycles. The maximum Gasteiger partial charge on any atom is 0.353 e. The van der Waals surface area contributed by atoms with Gasteiger partial charge in [-0.05, 0) is 55.2 Å². The van der Waals surface area contributed by atoms with Crippen LogP contribution in [0.25, 0.3) is 0 Å². The van der Waals surface area contributed by atoms with E-state index in [4.69, 9.17) is 9.47 Å². The summed E-state index contributed by atoms with van der Waals surface area (Å²) in [6.07, 6.45) is 2.02. The van der Waals surface area contributed by atoms with Crippen molar-refractivity contribution >= 4 is 23.0 Å². The zero-order valence-electron chi connectivity index (χ0n) is 21.2. The number of ether oxygens (including phenoxy) is 2. The molecule has 0 atom stereocenters. The van der Waals surface area contributed by atoms with Crippen LogP contribution in [-0.2, 0) is 6.42 Å². The van der Waals surface area contributed by atoms with Crippen molar-refractivity contribution in [1.29, 1.82) is 0 Å². The fourth-order valence-electron chi connectivity index (χ4n) is 4.50. The molecule has 4 rings (SSSR count).